The van der Waals surface area contributed by atoms with Crippen LogP contribution in [0.15, 0.2) is 59.8 Å². The van der Waals surface area contributed by atoms with Crippen LogP contribution in [0.5, 0.6) is 5.75 Å². The molecule has 0 saturated carbocycles. The highest BCUT2D eigenvalue weighted by Gasteiger charge is 2.08. The van der Waals surface area contributed by atoms with Crippen molar-refractivity contribution >= 4 is 11.8 Å². The highest BCUT2D eigenvalue weighted by Crippen LogP contribution is 2.23. The van der Waals surface area contributed by atoms with Crippen molar-refractivity contribution in [3.63, 3.8) is 0 Å². The molecule has 0 aliphatic rings. The van der Waals surface area contributed by atoms with Gasteiger partial charge in [-0.2, -0.15) is 4.68 Å². The lowest BCUT2D eigenvalue weighted by Crippen LogP contribution is -1.98. The third kappa shape index (κ3) is 2.80. The molecule has 100 valence electrons. The Morgan fingerprint density at radius 2 is 1.75 bits per heavy atom. The van der Waals surface area contributed by atoms with Crippen LogP contribution in [0.25, 0.3) is 5.69 Å². The molecule has 0 spiro atoms. The molecule has 3 aromatic rings. The third-order valence-electron chi connectivity index (χ3n) is 2.75. The minimum Gasteiger partial charge on any atom is -0.508 e. The quantitative estimate of drug-likeness (QED) is 0.746. The van der Waals surface area contributed by atoms with Gasteiger partial charge in [-0.25, -0.2) is 0 Å². The number of benzene rings is 2. The van der Waals surface area contributed by atoms with E-state index in [4.69, 9.17) is 0 Å². The molecule has 0 aliphatic carbocycles. The van der Waals surface area contributed by atoms with Gasteiger partial charge in [0.1, 0.15) is 5.75 Å². The highest BCUT2D eigenvalue weighted by molar-refractivity contribution is 7.98. The number of aromatic nitrogens is 4. The molecule has 0 saturated heterocycles. The lowest BCUT2D eigenvalue weighted by molar-refractivity contribution is 0.475. The van der Waals surface area contributed by atoms with Crippen LogP contribution < -0.4 is 0 Å². The number of phenols is 1. The molecular formula is C14H12N4OS. The van der Waals surface area contributed by atoms with Crippen molar-refractivity contribution in [3.05, 3.63) is 60.2 Å². The third-order valence-corrected chi connectivity index (χ3v) is 3.74. The number of phenolic OH excluding ortho intramolecular Hbond substituents is 1. The van der Waals surface area contributed by atoms with Gasteiger partial charge in [-0.1, -0.05) is 42.1 Å². The van der Waals surface area contributed by atoms with Crippen LogP contribution in [0.4, 0.5) is 0 Å². The zero-order chi connectivity index (χ0) is 13.8. The van der Waals surface area contributed by atoms with Gasteiger partial charge in [-0.05, 0) is 40.3 Å². The van der Waals surface area contributed by atoms with E-state index < -0.39 is 0 Å². The molecule has 0 amide bonds. The summed E-state index contributed by atoms with van der Waals surface area (Å²) >= 11 is 1.55. The maximum atomic E-state index is 9.26. The predicted octanol–water partition coefficient (Wildman–Crippen LogP) is 2.66. The Hall–Kier alpha value is -2.34. The van der Waals surface area contributed by atoms with E-state index in [0.717, 1.165) is 22.2 Å². The average Bonchev–Trinajstić information content (AvgIpc) is 2.96. The van der Waals surface area contributed by atoms with E-state index in [1.54, 1.807) is 28.6 Å². The summed E-state index contributed by atoms with van der Waals surface area (Å²) in [5.41, 5.74) is 2.04. The van der Waals surface area contributed by atoms with Crippen molar-refractivity contribution in [2.45, 2.75) is 10.9 Å². The van der Waals surface area contributed by atoms with Crippen LogP contribution in [-0.4, -0.2) is 25.3 Å². The second kappa shape index (κ2) is 5.75. The van der Waals surface area contributed by atoms with Crippen LogP contribution >= 0.6 is 11.8 Å². The Bertz CT molecular complexity index is 682. The lowest BCUT2D eigenvalue weighted by Gasteiger charge is -2.04. The van der Waals surface area contributed by atoms with E-state index >= 15 is 0 Å². The number of hydrogen-bond acceptors (Lipinski definition) is 5. The molecule has 6 heteroatoms. The van der Waals surface area contributed by atoms with E-state index in [9.17, 15) is 5.11 Å². The zero-order valence-electron chi connectivity index (χ0n) is 10.5. The van der Waals surface area contributed by atoms with Gasteiger partial charge < -0.3 is 5.11 Å². The molecule has 5 nitrogen and oxygen atoms in total. The first-order valence-corrected chi connectivity index (χ1v) is 7.06. The van der Waals surface area contributed by atoms with Crippen molar-refractivity contribution in [2.24, 2.45) is 0 Å². The molecule has 0 radical (unpaired) electrons. The summed E-state index contributed by atoms with van der Waals surface area (Å²) in [4.78, 5) is 0. The number of hydrogen-bond donors (Lipinski definition) is 1. The SMILES string of the molecule is Oc1ccc(CSc2nnnn2-c2ccccc2)cc1. The van der Waals surface area contributed by atoms with Gasteiger partial charge in [-0.3, -0.25) is 0 Å². The molecule has 0 aliphatic heterocycles. The van der Waals surface area contributed by atoms with Crippen molar-refractivity contribution in [2.75, 3.05) is 0 Å². The fourth-order valence-electron chi connectivity index (χ4n) is 1.74. The fourth-order valence-corrected chi connectivity index (χ4v) is 2.59. The standard InChI is InChI=1S/C14H12N4OS/c19-13-8-6-11(7-9-13)10-20-14-15-16-17-18(14)12-4-2-1-3-5-12/h1-9,19H,10H2. The zero-order valence-corrected chi connectivity index (χ0v) is 11.4. The summed E-state index contributed by atoms with van der Waals surface area (Å²) in [5.74, 6) is 1.01. The number of thioether (sulfide) groups is 1. The molecule has 2 aromatic carbocycles. The van der Waals surface area contributed by atoms with Crippen LogP contribution in [-0.2, 0) is 5.75 Å². The normalized spacial score (nSPS) is 10.6. The molecule has 20 heavy (non-hydrogen) atoms. The minimum atomic E-state index is 0.271. The first-order valence-electron chi connectivity index (χ1n) is 6.07. The largest absolute Gasteiger partial charge is 0.508 e. The Kier molecular flexibility index (Phi) is 3.64. The molecule has 1 N–H and O–H groups in total. The summed E-state index contributed by atoms with van der Waals surface area (Å²) in [5, 5.41) is 21.8. The average molecular weight is 284 g/mol. The van der Waals surface area contributed by atoms with Gasteiger partial charge in [0.25, 0.3) is 0 Å². The van der Waals surface area contributed by atoms with Gasteiger partial charge in [0, 0.05) is 5.75 Å². The van der Waals surface area contributed by atoms with Crippen LogP contribution in [0.1, 0.15) is 5.56 Å². The lowest BCUT2D eigenvalue weighted by atomic mass is 10.2. The molecule has 0 atom stereocenters. The second-order valence-corrected chi connectivity index (χ2v) is 5.11. The van der Waals surface area contributed by atoms with Crippen molar-refractivity contribution in [1.29, 1.82) is 0 Å². The summed E-state index contributed by atoms with van der Waals surface area (Å²) in [6, 6.07) is 16.9. The molecular weight excluding hydrogens is 272 g/mol. The predicted molar refractivity (Wildman–Crippen MR) is 76.8 cm³/mol. The fraction of sp³-hybridized carbons (Fsp3) is 0.0714. The van der Waals surface area contributed by atoms with Gasteiger partial charge >= 0.3 is 0 Å². The Balaban J connectivity index is 1.76. The van der Waals surface area contributed by atoms with E-state index in [2.05, 4.69) is 15.5 Å². The van der Waals surface area contributed by atoms with Crippen molar-refractivity contribution in [3.8, 4) is 11.4 Å². The molecule has 1 heterocycles. The molecule has 1 aromatic heterocycles. The Morgan fingerprint density at radius 3 is 2.50 bits per heavy atom. The highest BCUT2D eigenvalue weighted by atomic mass is 32.2. The first-order chi connectivity index (χ1) is 9.83. The van der Waals surface area contributed by atoms with E-state index in [1.807, 2.05) is 42.5 Å². The summed E-state index contributed by atoms with van der Waals surface area (Å²) < 4.78 is 1.71. The number of tetrazole rings is 1. The number of rotatable bonds is 4. The maximum absolute atomic E-state index is 9.26. The van der Waals surface area contributed by atoms with E-state index in [1.165, 1.54) is 0 Å². The van der Waals surface area contributed by atoms with E-state index in [-0.39, 0.29) is 5.75 Å². The number of aromatic hydroxyl groups is 1. The van der Waals surface area contributed by atoms with Crippen molar-refractivity contribution < 1.29 is 5.11 Å². The number of para-hydroxylation sites is 1. The van der Waals surface area contributed by atoms with Gasteiger partial charge in [0.05, 0.1) is 5.69 Å². The smallest absolute Gasteiger partial charge is 0.214 e. The Morgan fingerprint density at radius 1 is 1.00 bits per heavy atom. The van der Waals surface area contributed by atoms with Gasteiger partial charge in [0.2, 0.25) is 5.16 Å². The van der Waals surface area contributed by atoms with Crippen LogP contribution in [0.3, 0.4) is 0 Å². The maximum Gasteiger partial charge on any atom is 0.214 e. The Labute approximate surface area is 120 Å². The summed E-state index contributed by atoms with van der Waals surface area (Å²) in [7, 11) is 0. The van der Waals surface area contributed by atoms with Gasteiger partial charge in [-0.15, -0.1) is 5.10 Å². The van der Waals surface area contributed by atoms with Gasteiger partial charge in [0.15, 0.2) is 0 Å². The van der Waals surface area contributed by atoms with Crippen LogP contribution in [0, 0.1) is 0 Å². The summed E-state index contributed by atoms with van der Waals surface area (Å²) in [6.07, 6.45) is 0. The van der Waals surface area contributed by atoms with Crippen molar-refractivity contribution in [1.82, 2.24) is 20.2 Å². The second-order valence-electron chi connectivity index (χ2n) is 4.16. The molecule has 0 bridgehead atoms. The molecule has 3 rings (SSSR count). The number of nitrogens with zero attached hydrogens (tertiary/aromatic N) is 4. The molecule has 0 unspecified atom stereocenters. The van der Waals surface area contributed by atoms with E-state index in [0.29, 0.717) is 0 Å². The first kappa shape index (κ1) is 12.7. The monoisotopic (exact) mass is 284 g/mol. The molecule has 0 fully saturated rings. The minimum absolute atomic E-state index is 0.271. The van der Waals surface area contributed by atoms with Crippen LogP contribution in [0.2, 0.25) is 0 Å². The topological polar surface area (TPSA) is 63.8 Å². The summed E-state index contributed by atoms with van der Waals surface area (Å²) in [6.45, 7) is 0.